The second-order valence-corrected chi connectivity index (χ2v) is 1.61. The first-order valence-corrected chi connectivity index (χ1v) is 2.88. The Bertz CT molecular complexity index is 170. The van der Waals surface area contributed by atoms with Crippen molar-refractivity contribution in [2.24, 2.45) is 0 Å². The van der Waals surface area contributed by atoms with Crippen LogP contribution in [0.15, 0.2) is 5.57 Å². The van der Waals surface area contributed by atoms with Gasteiger partial charge in [0, 0.05) is 6.54 Å². The summed E-state index contributed by atoms with van der Waals surface area (Å²) in [4.78, 5) is 24.7. The minimum atomic E-state index is -0.683. The molecule has 0 heterocycles. The first-order valence-electron chi connectivity index (χ1n) is 2.88. The first-order chi connectivity index (χ1) is 4.72. The molecule has 0 aliphatic carbocycles. The van der Waals surface area contributed by atoms with Crippen molar-refractivity contribution in [1.82, 2.24) is 5.48 Å². The largest absolute Gasteiger partial charge is 0.366 e. The number of hydrogen-bond donors (Lipinski definition) is 1. The second kappa shape index (κ2) is 4.73. The average Bonchev–Trinajstić information content (AvgIpc) is 1.98. The zero-order valence-electron chi connectivity index (χ0n) is 5.93. The Hall–Kier alpha value is -1.12. The molecule has 4 heteroatoms. The van der Waals surface area contributed by atoms with Gasteiger partial charge >= 0.3 is 5.97 Å². The number of nitrogens with one attached hydrogen (secondary N) is 1. The smallest absolute Gasteiger partial charge is 0.363 e. The number of carbonyl (C=O) groups is 1. The Balaban J connectivity index is 3.75. The van der Waals surface area contributed by atoms with E-state index >= 15 is 0 Å². The molecule has 10 heavy (non-hydrogen) atoms. The van der Waals surface area contributed by atoms with Crippen LogP contribution in [-0.4, -0.2) is 18.5 Å². The first kappa shape index (κ1) is 8.88. The molecule has 0 fully saturated rings. The van der Waals surface area contributed by atoms with Crippen molar-refractivity contribution >= 4 is 11.9 Å². The minimum Gasteiger partial charge on any atom is -0.366 e. The van der Waals surface area contributed by atoms with E-state index in [2.05, 4.69) is 10.3 Å². The summed E-state index contributed by atoms with van der Waals surface area (Å²) < 4.78 is 0. The van der Waals surface area contributed by atoms with E-state index in [1.54, 1.807) is 6.92 Å². The summed E-state index contributed by atoms with van der Waals surface area (Å²) >= 11 is 0. The highest BCUT2D eigenvalue weighted by atomic mass is 16.7. The Morgan fingerprint density at radius 1 is 1.70 bits per heavy atom. The van der Waals surface area contributed by atoms with Gasteiger partial charge in [0.1, 0.15) is 11.5 Å². The molecule has 0 aromatic carbocycles. The standard InChI is InChI=1S/C6H9NO3/c1-3-7-10-6(9)5(2)4-8/h7H,3H2,1-2H3. The SMILES string of the molecule is CCNOC(=O)C(C)=C=O. The van der Waals surface area contributed by atoms with Crippen molar-refractivity contribution < 1.29 is 14.4 Å². The van der Waals surface area contributed by atoms with Crippen LogP contribution in [0.3, 0.4) is 0 Å². The van der Waals surface area contributed by atoms with Crippen LogP contribution in [0.1, 0.15) is 13.8 Å². The molecule has 0 unspecified atom stereocenters. The van der Waals surface area contributed by atoms with Gasteiger partial charge in [-0.05, 0) is 13.8 Å². The fraction of sp³-hybridized carbons (Fsp3) is 0.500. The highest BCUT2D eigenvalue weighted by molar-refractivity contribution is 5.95. The average molecular weight is 143 g/mol. The van der Waals surface area contributed by atoms with Gasteiger partial charge in [-0.3, -0.25) is 0 Å². The summed E-state index contributed by atoms with van der Waals surface area (Å²) in [5.74, 6) is 0.742. The molecule has 56 valence electrons. The molecule has 0 saturated carbocycles. The lowest BCUT2D eigenvalue weighted by atomic mass is 10.4. The maximum atomic E-state index is 10.5. The lowest BCUT2D eigenvalue weighted by molar-refractivity contribution is -0.145. The molecule has 0 aromatic heterocycles. The van der Waals surface area contributed by atoms with E-state index < -0.39 is 5.97 Å². The van der Waals surface area contributed by atoms with Crippen molar-refractivity contribution in [2.75, 3.05) is 6.54 Å². The molecule has 0 saturated heterocycles. The number of carbonyl (C=O) groups excluding carboxylic acids is 2. The second-order valence-electron chi connectivity index (χ2n) is 1.61. The highest BCUT2D eigenvalue weighted by Crippen LogP contribution is 1.86. The topological polar surface area (TPSA) is 55.4 Å². The zero-order valence-corrected chi connectivity index (χ0v) is 5.93. The summed E-state index contributed by atoms with van der Waals surface area (Å²) in [6.07, 6.45) is 0. The third kappa shape index (κ3) is 3.02. The van der Waals surface area contributed by atoms with Gasteiger partial charge in [-0.2, -0.15) is 5.48 Å². The van der Waals surface area contributed by atoms with Crippen molar-refractivity contribution in [1.29, 1.82) is 0 Å². The van der Waals surface area contributed by atoms with Crippen LogP contribution in [0.2, 0.25) is 0 Å². The molecule has 0 aromatic rings. The molecule has 0 spiro atoms. The van der Waals surface area contributed by atoms with Crippen LogP contribution >= 0.6 is 0 Å². The lowest BCUT2D eigenvalue weighted by Gasteiger charge is -1.99. The molecule has 0 atom stereocenters. The zero-order chi connectivity index (χ0) is 7.98. The van der Waals surface area contributed by atoms with Crippen LogP contribution < -0.4 is 5.48 Å². The molecule has 0 bridgehead atoms. The van der Waals surface area contributed by atoms with E-state index in [0.717, 1.165) is 0 Å². The molecule has 0 aliphatic rings. The van der Waals surface area contributed by atoms with Gasteiger partial charge in [0.05, 0.1) is 0 Å². The number of rotatable bonds is 3. The maximum absolute atomic E-state index is 10.5. The van der Waals surface area contributed by atoms with Crippen LogP contribution in [0.4, 0.5) is 0 Å². The van der Waals surface area contributed by atoms with E-state index in [9.17, 15) is 9.59 Å². The van der Waals surface area contributed by atoms with Crippen molar-refractivity contribution in [3.05, 3.63) is 5.57 Å². The Kier molecular flexibility index (Phi) is 4.20. The maximum Gasteiger partial charge on any atom is 0.363 e. The van der Waals surface area contributed by atoms with Crippen molar-refractivity contribution in [3.8, 4) is 0 Å². The Morgan fingerprint density at radius 3 is 2.70 bits per heavy atom. The quantitative estimate of drug-likeness (QED) is 0.338. The van der Waals surface area contributed by atoms with Gasteiger partial charge in [0.2, 0.25) is 0 Å². The molecule has 0 rings (SSSR count). The predicted molar refractivity (Wildman–Crippen MR) is 34.6 cm³/mol. The summed E-state index contributed by atoms with van der Waals surface area (Å²) in [5, 5.41) is 0. The van der Waals surface area contributed by atoms with Crippen LogP contribution in [0.5, 0.6) is 0 Å². The summed E-state index contributed by atoms with van der Waals surface area (Å²) in [7, 11) is 0. The minimum absolute atomic E-state index is 0.0686. The van der Waals surface area contributed by atoms with E-state index in [4.69, 9.17) is 0 Å². The Morgan fingerprint density at radius 2 is 2.30 bits per heavy atom. The van der Waals surface area contributed by atoms with Gasteiger partial charge in [0.15, 0.2) is 0 Å². The molecule has 0 amide bonds. The normalized spacial score (nSPS) is 8.20. The number of hydrogen-bond acceptors (Lipinski definition) is 4. The molecule has 4 nitrogen and oxygen atoms in total. The summed E-state index contributed by atoms with van der Waals surface area (Å²) in [6, 6.07) is 0. The van der Waals surface area contributed by atoms with E-state index in [1.165, 1.54) is 12.9 Å². The fourth-order valence-electron chi connectivity index (χ4n) is 0.256. The van der Waals surface area contributed by atoms with Crippen molar-refractivity contribution in [2.45, 2.75) is 13.8 Å². The monoisotopic (exact) mass is 143 g/mol. The van der Waals surface area contributed by atoms with Crippen LogP contribution in [0.25, 0.3) is 0 Å². The van der Waals surface area contributed by atoms with E-state index in [-0.39, 0.29) is 5.57 Å². The van der Waals surface area contributed by atoms with E-state index in [1.807, 2.05) is 0 Å². The molecule has 1 N–H and O–H groups in total. The summed E-state index contributed by atoms with van der Waals surface area (Å²) in [6.45, 7) is 3.62. The molecular weight excluding hydrogens is 134 g/mol. The van der Waals surface area contributed by atoms with Gasteiger partial charge in [-0.1, -0.05) is 0 Å². The van der Waals surface area contributed by atoms with Crippen LogP contribution in [0, 0.1) is 0 Å². The predicted octanol–water partition coefficient (Wildman–Crippen LogP) is -0.168. The third-order valence-electron chi connectivity index (χ3n) is 0.768. The van der Waals surface area contributed by atoms with Gasteiger partial charge in [-0.15, -0.1) is 0 Å². The van der Waals surface area contributed by atoms with E-state index in [0.29, 0.717) is 6.54 Å². The summed E-state index contributed by atoms with van der Waals surface area (Å²) in [5.41, 5.74) is 2.25. The van der Waals surface area contributed by atoms with Crippen LogP contribution in [-0.2, 0) is 14.4 Å². The molecule has 0 aliphatic heterocycles. The number of hydroxylamine groups is 1. The third-order valence-corrected chi connectivity index (χ3v) is 0.768. The van der Waals surface area contributed by atoms with Crippen molar-refractivity contribution in [3.63, 3.8) is 0 Å². The fourth-order valence-corrected chi connectivity index (χ4v) is 0.256. The Labute approximate surface area is 58.8 Å². The van der Waals surface area contributed by atoms with Gasteiger partial charge < -0.3 is 4.84 Å². The lowest BCUT2D eigenvalue weighted by Crippen LogP contribution is -2.19. The van der Waals surface area contributed by atoms with Gasteiger partial charge in [-0.25, -0.2) is 9.59 Å². The molecule has 0 radical (unpaired) electrons. The molecular formula is C6H9NO3. The highest BCUT2D eigenvalue weighted by Gasteiger charge is 2.04. The van der Waals surface area contributed by atoms with Gasteiger partial charge in [0.25, 0.3) is 0 Å².